The number of hydrogen-bond acceptors (Lipinski definition) is 3. The maximum Gasteiger partial charge on any atom is 0.115 e. The second-order valence-electron chi connectivity index (χ2n) is 9.84. The van der Waals surface area contributed by atoms with Gasteiger partial charge in [0.05, 0.1) is 16.3 Å². The molecule has 0 aliphatic rings. The molecule has 0 unspecified atom stereocenters. The normalized spacial score (nSPS) is 12.6. The molecule has 206 valence electrons. The van der Waals surface area contributed by atoms with Gasteiger partial charge in [0.15, 0.2) is 0 Å². The molecule has 5 heteroatoms. The average molecular weight is 561 g/mol. The lowest BCUT2D eigenvalue weighted by atomic mass is 10.1. The van der Waals surface area contributed by atoms with Gasteiger partial charge in [-0.2, -0.15) is 0 Å². The second kappa shape index (κ2) is 16.2. The Labute approximate surface area is 236 Å². The molecule has 3 nitrogen and oxygen atoms in total. The minimum absolute atomic E-state index is 0.604. The van der Waals surface area contributed by atoms with E-state index in [1.807, 2.05) is 0 Å². The Morgan fingerprint density at radius 1 is 0.744 bits per heavy atom. The van der Waals surface area contributed by atoms with Gasteiger partial charge in [-0.05, 0) is 83.0 Å². The Morgan fingerprint density at radius 2 is 1.15 bits per heavy atom. The van der Waals surface area contributed by atoms with Crippen LogP contribution in [-0.2, 0) is 10.1 Å². The van der Waals surface area contributed by atoms with Crippen LogP contribution in [0.15, 0.2) is 138 Å². The third-order valence-corrected chi connectivity index (χ3v) is 10.4. The van der Waals surface area contributed by atoms with Gasteiger partial charge in [-0.15, -0.1) is 0 Å². The number of allylic oxidation sites excluding steroid dienone is 8. The molecule has 0 aromatic heterocycles. The van der Waals surface area contributed by atoms with Crippen LogP contribution in [0.3, 0.4) is 0 Å². The first-order chi connectivity index (χ1) is 18.5. The highest BCUT2D eigenvalue weighted by molar-refractivity contribution is 7.95. The second-order valence-corrected chi connectivity index (χ2v) is 14.8. The van der Waals surface area contributed by atoms with Gasteiger partial charge in [0.1, 0.15) is 23.2 Å². The van der Waals surface area contributed by atoms with Gasteiger partial charge in [-0.1, -0.05) is 95.6 Å². The minimum Gasteiger partial charge on any atom is -0.748 e. The Balaban J connectivity index is 0.000000976. The van der Waals surface area contributed by atoms with Crippen molar-refractivity contribution in [2.75, 3.05) is 12.4 Å². The van der Waals surface area contributed by atoms with Crippen molar-refractivity contribution in [1.82, 2.24) is 0 Å². The van der Waals surface area contributed by atoms with Crippen LogP contribution in [-0.4, -0.2) is 25.4 Å². The molecule has 0 atom stereocenters. The highest BCUT2D eigenvalue weighted by Crippen LogP contribution is 2.55. The first-order valence-corrected chi connectivity index (χ1v) is 16.9. The summed E-state index contributed by atoms with van der Waals surface area (Å²) in [4.78, 5) is 0. The van der Waals surface area contributed by atoms with Gasteiger partial charge in [0.2, 0.25) is 0 Å². The van der Waals surface area contributed by atoms with Crippen molar-refractivity contribution in [2.45, 2.75) is 40.5 Å². The van der Waals surface area contributed by atoms with Crippen LogP contribution >= 0.6 is 7.26 Å². The Hall–Kier alpha value is -3.04. The fourth-order valence-corrected chi connectivity index (χ4v) is 8.33. The quantitative estimate of drug-likeness (QED) is 0.113. The third-order valence-electron chi connectivity index (χ3n) is 6.11. The van der Waals surface area contributed by atoms with E-state index in [1.54, 1.807) is 0 Å². The fraction of sp³-hybridized carbons (Fsp3) is 0.235. The smallest absolute Gasteiger partial charge is 0.115 e. The van der Waals surface area contributed by atoms with Crippen LogP contribution in [0.5, 0.6) is 0 Å². The molecule has 0 aliphatic carbocycles. The summed E-state index contributed by atoms with van der Waals surface area (Å²) in [5, 5.41) is 4.28. The van der Waals surface area contributed by atoms with Crippen LogP contribution < -0.4 is 15.9 Å². The van der Waals surface area contributed by atoms with E-state index in [0.717, 1.165) is 19.0 Å². The van der Waals surface area contributed by atoms with Crippen molar-refractivity contribution in [3.63, 3.8) is 0 Å². The zero-order chi connectivity index (χ0) is 28.7. The van der Waals surface area contributed by atoms with Crippen molar-refractivity contribution >= 4 is 33.3 Å². The van der Waals surface area contributed by atoms with Gasteiger partial charge in [0.25, 0.3) is 0 Å². The van der Waals surface area contributed by atoms with Gasteiger partial charge >= 0.3 is 0 Å². The van der Waals surface area contributed by atoms with Gasteiger partial charge in [-0.3, -0.25) is 0 Å². The van der Waals surface area contributed by atoms with Gasteiger partial charge in [-0.25, -0.2) is 8.42 Å². The molecule has 0 radical (unpaired) electrons. The van der Waals surface area contributed by atoms with E-state index in [4.69, 9.17) is 13.0 Å². The van der Waals surface area contributed by atoms with E-state index in [9.17, 15) is 0 Å². The van der Waals surface area contributed by atoms with Crippen molar-refractivity contribution in [3.05, 3.63) is 138 Å². The molecule has 0 saturated heterocycles. The lowest BCUT2D eigenvalue weighted by Gasteiger charge is -2.26. The van der Waals surface area contributed by atoms with E-state index < -0.39 is 17.4 Å². The molecule has 0 heterocycles. The Kier molecular flexibility index (Phi) is 13.3. The minimum atomic E-state index is -3.92. The van der Waals surface area contributed by atoms with Crippen molar-refractivity contribution in [1.29, 1.82) is 0 Å². The lowest BCUT2D eigenvalue weighted by molar-refractivity contribution is 0.470. The van der Waals surface area contributed by atoms with E-state index >= 15 is 0 Å². The molecular weight excluding hydrogens is 519 g/mol. The van der Waals surface area contributed by atoms with E-state index in [2.05, 4.69) is 149 Å². The highest BCUT2D eigenvalue weighted by atomic mass is 32.2. The van der Waals surface area contributed by atoms with Crippen molar-refractivity contribution in [2.24, 2.45) is 0 Å². The number of benzene rings is 3. The topological polar surface area (TPSA) is 57.2 Å². The molecule has 0 N–H and O–H groups in total. The highest BCUT2D eigenvalue weighted by Gasteiger charge is 2.44. The average Bonchev–Trinajstić information content (AvgIpc) is 2.90. The van der Waals surface area contributed by atoms with Crippen LogP contribution in [0.25, 0.3) is 0 Å². The molecule has 0 amide bonds. The maximum absolute atomic E-state index is 9.08. The summed E-state index contributed by atoms with van der Waals surface area (Å²) >= 11 is 0. The van der Waals surface area contributed by atoms with Gasteiger partial charge < -0.3 is 4.55 Å². The summed E-state index contributed by atoms with van der Waals surface area (Å²) in [6, 6.07) is 33.3. The predicted molar refractivity (Wildman–Crippen MR) is 171 cm³/mol. The summed E-state index contributed by atoms with van der Waals surface area (Å²) in [5.41, 5.74) is 4.12. The molecule has 3 aromatic carbocycles. The van der Waals surface area contributed by atoms with E-state index in [0.29, 0.717) is 6.26 Å². The molecule has 0 bridgehead atoms. The molecule has 0 spiro atoms. The van der Waals surface area contributed by atoms with Gasteiger partial charge in [0, 0.05) is 6.26 Å². The molecule has 0 saturated carbocycles. The van der Waals surface area contributed by atoms with Crippen LogP contribution in [0.1, 0.15) is 40.5 Å². The predicted octanol–water partition coefficient (Wildman–Crippen LogP) is 7.34. The summed E-state index contributed by atoms with van der Waals surface area (Å²) < 4.78 is 27.2. The zero-order valence-corrected chi connectivity index (χ0v) is 25.5. The lowest BCUT2D eigenvalue weighted by Crippen LogP contribution is -2.33. The standard InChI is InChI=1S/C33H38P.CH4O3S/c1-28(2)16-14-17-29(3)18-15-19-30(4)26-27-34(31-20-8-5-9-21-31,32-22-10-6-11-23-32)33-24-12-7-13-25-33;1-5(2,3)4/h5-13,15-16,18-26H,14,17,27H2,1-4H3;1H3,(H,2,3,4)/q+1;/p-1. The molecule has 3 aromatic rings. The van der Waals surface area contributed by atoms with Crippen molar-refractivity contribution in [3.8, 4) is 0 Å². The van der Waals surface area contributed by atoms with Crippen LogP contribution in [0.2, 0.25) is 0 Å². The monoisotopic (exact) mass is 560 g/mol. The SMILES string of the molecule is CC(C)=CCCC(C)=CC=CC(C)=CC[P+](c1ccccc1)(c1ccccc1)c1ccccc1.CS(=O)(=O)[O-]. The maximum atomic E-state index is 9.08. The zero-order valence-electron chi connectivity index (χ0n) is 23.7. The number of rotatable bonds is 10. The largest absolute Gasteiger partial charge is 0.748 e. The van der Waals surface area contributed by atoms with Crippen LogP contribution in [0, 0.1) is 0 Å². The summed E-state index contributed by atoms with van der Waals surface area (Å²) in [7, 11) is -5.73. The summed E-state index contributed by atoms with van der Waals surface area (Å²) in [5.74, 6) is 0. The molecule has 0 fully saturated rings. The molecule has 0 aliphatic heterocycles. The third kappa shape index (κ3) is 11.7. The first-order valence-electron chi connectivity index (χ1n) is 13.1. The molecule has 3 rings (SSSR count). The fourth-order valence-electron chi connectivity index (χ4n) is 4.20. The molecular formula is C34H41O3PS. The molecule has 39 heavy (non-hydrogen) atoms. The van der Waals surface area contributed by atoms with E-state index in [-0.39, 0.29) is 0 Å². The van der Waals surface area contributed by atoms with Crippen LogP contribution in [0.4, 0.5) is 0 Å². The Bertz CT molecular complexity index is 1260. The summed E-state index contributed by atoms with van der Waals surface area (Å²) in [6.45, 7) is 8.77. The number of hydrogen-bond donors (Lipinski definition) is 0. The Morgan fingerprint density at radius 3 is 1.54 bits per heavy atom. The van der Waals surface area contributed by atoms with Crippen molar-refractivity contribution < 1.29 is 13.0 Å². The summed E-state index contributed by atoms with van der Waals surface area (Å²) in [6.07, 6.45) is 15.3. The first kappa shape index (κ1) is 32.2. The van der Waals surface area contributed by atoms with E-state index in [1.165, 1.54) is 32.6 Å².